The number of ether oxygens (including phenoxy) is 1. The van der Waals surface area contributed by atoms with Crippen LogP contribution in [-0.4, -0.2) is 7.11 Å². The van der Waals surface area contributed by atoms with Gasteiger partial charge in [0.25, 0.3) is 0 Å². The van der Waals surface area contributed by atoms with E-state index in [0.717, 1.165) is 28.7 Å². The van der Waals surface area contributed by atoms with Gasteiger partial charge in [0.2, 0.25) is 0 Å². The van der Waals surface area contributed by atoms with E-state index in [-0.39, 0.29) is 0 Å². The van der Waals surface area contributed by atoms with Crippen molar-refractivity contribution in [3.05, 3.63) is 89.5 Å². The van der Waals surface area contributed by atoms with Gasteiger partial charge >= 0.3 is 0 Å². The average molecular weight is 347 g/mol. The number of hydrogen-bond donors (Lipinski definition) is 0. The molecule has 0 aromatic heterocycles. The SMILES string of the molecule is COc1ccc(Cc2c(C#N)c3cccc4ccc5cccc2c5c43)cc1. The molecular formula is C25H17NO. The quantitative estimate of drug-likeness (QED) is 0.372. The number of benzene rings is 5. The van der Waals surface area contributed by atoms with Gasteiger partial charge in [-0.3, -0.25) is 0 Å². The second kappa shape index (κ2) is 6.00. The molecule has 0 N–H and O–H groups in total. The Labute approximate surface area is 157 Å². The van der Waals surface area contributed by atoms with E-state index in [1.807, 2.05) is 18.2 Å². The van der Waals surface area contributed by atoms with E-state index in [4.69, 9.17) is 4.74 Å². The van der Waals surface area contributed by atoms with Crippen molar-refractivity contribution < 1.29 is 4.74 Å². The van der Waals surface area contributed by atoms with E-state index < -0.39 is 0 Å². The Kier molecular flexibility index (Phi) is 3.48. The first-order valence-corrected chi connectivity index (χ1v) is 9.01. The summed E-state index contributed by atoms with van der Waals surface area (Å²) in [4.78, 5) is 0. The van der Waals surface area contributed by atoms with E-state index in [0.29, 0.717) is 0 Å². The number of methoxy groups -OCH3 is 1. The van der Waals surface area contributed by atoms with Crippen LogP contribution in [0.1, 0.15) is 16.7 Å². The van der Waals surface area contributed by atoms with Crippen LogP contribution >= 0.6 is 0 Å². The Morgan fingerprint density at radius 3 is 2.04 bits per heavy atom. The van der Waals surface area contributed by atoms with Gasteiger partial charge in [0.05, 0.1) is 12.7 Å². The number of nitriles is 1. The Balaban J connectivity index is 1.86. The molecule has 0 aliphatic rings. The second-order valence-electron chi connectivity index (χ2n) is 6.86. The Morgan fingerprint density at radius 1 is 0.778 bits per heavy atom. The first kappa shape index (κ1) is 15.7. The molecule has 5 aromatic rings. The molecule has 0 saturated carbocycles. The van der Waals surface area contributed by atoms with Gasteiger partial charge in [0.15, 0.2) is 0 Å². The molecule has 0 aliphatic heterocycles. The van der Waals surface area contributed by atoms with Crippen molar-refractivity contribution in [1.82, 2.24) is 0 Å². The van der Waals surface area contributed by atoms with Crippen LogP contribution in [0, 0.1) is 11.3 Å². The third-order valence-corrected chi connectivity index (χ3v) is 5.43. The van der Waals surface area contributed by atoms with Gasteiger partial charge in [0, 0.05) is 5.39 Å². The standard InChI is InChI=1S/C25H17NO/c1-27-19-12-8-16(9-13-19)14-22-20-6-2-4-17-10-11-18-5-3-7-21(23(22)15-26)25(18)24(17)20/h2-13H,14H2,1H3. The third-order valence-electron chi connectivity index (χ3n) is 5.43. The van der Waals surface area contributed by atoms with Crippen LogP contribution < -0.4 is 4.74 Å². The van der Waals surface area contributed by atoms with Crippen molar-refractivity contribution in [3.63, 3.8) is 0 Å². The summed E-state index contributed by atoms with van der Waals surface area (Å²) in [5, 5.41) is 17.1. The molecule has 0 aliphatic carbocycles. The van der Waals surface area contributed by atoms with Crippen molar-refractivity contribution >= 4 is 32.3 Å². The summed E-state index contributed by atoms with van der Waals surface area (Å²) in [7, 11) is 1.67. The summed E-state index contributed by atoms with van der Waals surface area (Å²) < 4.78 is 5.27. The van der Waals surface area contributed by atoms with Crippen LogP contribution in [-0.2, 0) is 6.42 Å². The predicted octanol–water partition coefficient (Wildman–Crippen LogP) is 6.06. The van der Waals surface area contributed by atoms with E-state index in [1.54, 1.807) is 7.11 Å². The minimum Gasteiger partial charge on any atom is -0.497 e. The lowest BCUT2D eigenvalue weighted by molar-refractivity contribution is 0.414. The summed E-state index contributed by atoms with van der Waals surface area (Å²) in [5.41, 5.74) is 3.05. The molecule has 27 heavy (non-hydrogen) atoms. The molecular weight excluding hydrogens is 330 g/mol. The number of hydrogen-bond acceptors (Lipinski definition) is 2. The van der Waals surface area contributed by atoms with E-state index in [9.17, 15) is 5.26 Å². The monoisotopic (exact) mass is 347 g/mol. The topological polar surface area (TPSA) is 33.0 Å². The molecule has 0 bridgehead atoms. The molecule has 0 amide bonds. The maximum atomic E-state index is 10.0. The minimum absolute atomic E-state index is 0.719. The Bertz CT molecular complexity index is 1330. The van der Waals surface area contributed by atoms with Gasteiger partial charge < -0.3 is 4.74 Å². The zero-order chi connectivity index (χ0) is 18.4. The van der Waals surface area contributed by atoms with Crippen molar-refractivity contribution in [1.29, 1.82) is 5.26 Å². The van der Waals surface area contributed by atoms with E-state index in [1.165, 1.54) is 32.5 Å². The Morgan fingerprint density at radius 2 is 1.41 bits per heavy atom. The molecule has 0 spiro atoms. The van der Waals surface area contributed by atoms with Gasteiger partial charge in [-0.25, -0.2) is 0 Å². The number of nitrogens with zero attached hydrogens (tertiary/aromatic N) is 1. The lowest BCUT2D eigenvalue weighted by Gasteiger charge is -2.17. The van der Waals surface area contributed by atoms with Gasteiger partial charge in [-0.15, -0.1) is 0 Å². The molecule has 0 radical (unpaired) electrons. The van der Waals surface area contributed by atoms with Crippen LogP contribution in [0.3, 0.4) is 0 Å². The van der Waals surface area contributed by atoms with Crippen LogP contribution in [0.25, 0.3) is 32.3 Å². The van der Waals surface area contributed by atoms with Crippen molar-refractivity contribution in [2.45, 2.75) is 6.42 Å². The summed E-state index contributed by atoms with van der Waals surface area (Å²) in [6.07, 6.45) is 0.719. The first-order valence-electron chi connectivity index (χ1n) is 9.01. The lowest BCUT2D eigenvalue weighted by atomic mass is 9.86. The van der Waals surface area contributed by atoms with Crippen LogP contribution in [0.4, 0.5) is 0 Å². The summed E-state index contributed by atoms with van der Waals surface area (Å²) in [6.45, 7) is 0. The Hall–Kier alpha value is -3.57. The molecule has 5 rings (SSSR count). The zero-order valence-corrected chi connectivity index (χ0v) is 15.0. The summed E-state index contributed by atoms with van der Waals surface area (Å²) >= 11 is 0. The fourth-order valence-corrected chi connectivity index (χ4v) is 4.17. The van der Waals surface area contributed by atoms with Crippen molar-refractivity contribution in [3.8, 4) is 11.8 Å². The molecule has 2 nitrogen and oxygen atoms in total. The normalized spacial score (nSPS) is 11.3. The molecule has 0 unspecified atom stereocenters. The summed E-state index contributed by atoms with van der Waals surface area (Å²) in [5.74, 6) is 0.842. The molecule has 5 aromatic carbocycles. The van der Waals surface area contributed by atoms with Crippen LogP contribution in [0.5, 0.6) is 5.75 Å². The maximum absolute atomic E-state index is 10.0. The van der Waals surface area contributed by atoms with Crippen molar-refractivity contribution in [2.24, 2.45) is 0 Å². The van der Waals surface area contributed by atoms with Gasteiger partial charge in [0.1, 0.15) is 11.8 Å². The average Bonchev–Trinajstić information content (AvgIpc) is 2.73. The molecule has 0 atom stereocenters. The zero-order valence-electron chi connectivity index (χ0n) is 15.0. The molecule has 2 heteroatoms. The van der Waals surface area contributed by atoms with Crippen LogP contribution in [0.15, 0.2) is 72.8 Å². The number of rotatable bonds is 3. The van der Waals surface area contributed by atoms with Gasteiger partial charge in [-0.2, -0.15) is 5.26 Å². The third kappa shape index (κ3) is 2.33. The summed E-state index contributed by atoms with van der Waals surface area (Å²) in [6, 6.07) is 27.5. The predicted molar refractivity (Wildman–Crippen MR) is 111 cm³/mol. The molecule has 0 heterocycles. The highest BCUT2D eigenvalue weighted by atomic mass is 16.5. The lowest BCUT2D eigenvalue weighted by Crippen LogP contribution is -1.98. The highest BCUT2D eigenvalue weighted by Crippen LogP contribution is 2.39. The van der Waals surface area contributed by atoms with Gasteiger partial charge in [-0.1, -0.05) is 60.7 Å². The molecule has 128 valence electrons. The molecule has 0 fully saturated rings. The van der Waals surface area contributed by atoms with Crippen molar-refractivity contribution in [2.75, 3.05) is 7.11 Å². The first-order chi connectivity index (χ1) is 13.3. The highest BCUT2D eigenvalue weighted by molar-refractivity contribution is 6.25. The minimum atomic E-state index is 0.719. The highest BCUT2D eigenvalue weighted by Gasteiger charge is 2.17. The van der Waals surface area contributed by atoms with E-state index >= 15 is 0 Å². The second-order valence-corrected chi connectivity index (χ2v) is 6.86. The fraction of sp³-hybridized carbons (Fsp3) is 0.0800. The largest absolute Gasteiger partial charge is 0.497 e. The maximum Gasteiger partial charge on any atom is 0.118 e. The molecule has 0 saturated heterocycles. The van der Waals surface area contributed by atoms with Crippen LogP contribution in [0.2, 0.25) is 0 Å². The van der Waals surface area contributed by atoms with Gasteiger partial charge in [-0.05, 0) is 56.6 Å². The van der Waals surface area contributed by atoms with E-state index in [2.05, 4.69) is 60.7 Å². The smallest absolute Gasteiger partial charge is 0.118 e. The fourth-order valence-electron chi connectivity index (χ4n) is 4.17.